The van der Waals surface area contributed by atoms with Crippen LogP contribution < -0.4 is 5.11 Å². The normalized spacial score (nSPS) is 9.50. The summed E-state index contributed by atoms with van der Waals surface area (Å²) < 4.78 is 4.34. The van der Waals surface area contributed by atoms with Gasteiger partial charge in [0.2, 0.25) is 0 Å². The Kier molecular flexibility index (Phi) is 2.66. The lowest BCUT2D eigenvalue weighted by Gasteiger charge is -2.07. The predicted octanol–water partition coefficient (Wildman–Crippen LogP) is 0.455. The first kappa shape index (κ1) is 9.97. The number of nitro groups is 1. The van der Waals surface area contributed by atoms with Gasteiger partial charge in [0.25, 0.3) is 5.69 Å². The van der Waals surface area contributed by atoms with Crippen molar-refractivity contribution in [1.29, 1.82) is 0 Å². The minimum absolute atomic E-state index is 0.00287. The molecule has 6 heteroatoms. The summed E-state index contributed by atoms with van der Waals surface area (Å²) in [7, 11) is 1.16. The number of carbonyl (C=O) groups is 1. The molecule has 0 heterocycles. The summed E-state index contributed by atoms with van der Waals surface area (Å²) in [6.07, 6.45) is 0. The van der Waals surface area contributed by atoms with E-state index in [9.17, 15) is 20.0 Å². The lowest BCUT2D eigenvalue weighted by atomic mass is 10.2. The molecule has 14 heavy (non-hydrogen) atoms. The van der Waals surface area contributed by atoms with E-state index in [0.29, 0.717) is 0 Å². The van der Waals surface area contributed by atoms with Gasteiger partial charge in [-0.15, -0.1) is 0 Å². The Morgan fingerprint density at radius 3 is 2.57 bits per heavy atom. The maximum absolute atomic E-state index is 11.1. The first-order valence-electron chi connectivity index (χ1n) is 3.60. The van der Waals surface area contributed by atoms with Gasteiger partial charge in [-0.1, -0.05) is 0 Å². The van der Waals surface area contributed by atoms with Crippen molar-refractivity contribution in [3.05, 3.63) is 33.9 Å². The molecule has 0 aliphatic rings. The molecule has 0 saturated heterocycles. The smallest absolute Gasteiger partial charge is 0.337 e. The van der Waals surface area contributed by atoms with E-state index in [1.807, 2.05) is 0 Å². The molecule has 1 aromatic carbocycles. The molecule has 0 N–H and O–H groups in total. The molecule has 0 aliphatic heterocycles. The molecule has 0 atom stereocenters. The van der Waals surface area contributed by atoms with Gasteiger partial charge in [-0.05, 0) is 17.9 Å². The van der Waals surface area contributed by atoms with Gasteiger partial charge in [0.1, 0.15) is 0 Å². The van der Waals surface area contributed by atoms with Crippen LogP contribution in [0.5, 0.6) is 5.75 Å². The van der Waals surface area contributed by atoms with Crippen molar-refractivity contribution in [1.82, 2.24) is 0 Å². The highest BCUT2D eigenvalue weighted by atomic mass is 16.6. The van der Waals surface area contributed by atoms with E-state index in [4.69, 9.17) is 0 Å². The summed E-state index contributed by atoms with van der Waals surface area (Å²) in [6, 6.07) is 3.03. The number of rotatable bonds is 2. The molecule has 0 saturated carbocycles. The third-order valence-corrected chi connectivity index (χ3v) is 1.58. The van der Waals surface area contributed by atoms with Gasteiger partial charge in [-0.2, -0.15) is 0 Å². The van der Waals surface area contributed by atoms with Crippen molar-refractivity contribution < 1.29 is 19.6 Å². The quantitative estimate of drug-likeness (QED) is 0.389. The van der Waals surface area contributed by atoms with Gasteiger partial charge < -0.3 is 9.84 Å². The Morgan fingerprint density at radius 2 is 2.14 bits per heavy atom. The molecular formula is C8H6NO5-. The largest absolute Gasteiger partial charge is 0.868 e. The molecule has 1 aromatic rings. The van der Waals surface area contributed by atoms with Gasteiger partial charge in [0.15, 0.2) is 0 Å². The number of carbonyl (C=O) groups excluding carboxylic acids is 1. The number of hydrogen-bond acceptors (Lipinski definition) is 5. The second kappa shape index (κ2) is 3.73. The van der Waals surface area contributed by atoms with Crippen LogP contribution in [0.15, 0.2) is 18.2 Å². The Balaban J connectivity index is 3.12. The summed E-state index contributed by atoms with van der Waals surface area (Å²) in [5.74, 6) is -1.50. The Morgan fingerprint density at radius 1 is 1.50 bits per heavy atom. The summed E-state index contributed by atoms with van der Waals surface area (Å²) in [5.41, 5.74) is -0.555. The highest BCUT2D eigenvalue weighted by Gasteiger charge is 2.10. The van der Waals surface area contributed by atoms with E-state index in [-0.39, 0.29) is 5.56 Å². The number of ether oxygens (including phenoxy) is 1. The Labute approximate surface area is 78.9 Å². The first-order chi connectivity index (χ1) is 6.56. The number of nitrogens with zero attached hydrogens (tertiary/aromatic N) is 1. The molecule has 6 nitrogen and oxygen atoms in total. The van der Waals surface area contributed by atoms with Crippen molar-refractivity contribution in [2.75, 3.05) is 7.11 Å². The van der Waals surface area contributed by atoms with Crippen LogP contribution in [0.2, 0.25) is 0 Å². The molecule has 0 aliphatic carbocycles. The highest BCUT2D eigenvalue weighted by Crippen LogP contribution is 2.23. The standard InChI is InChI=1S/C8H7NO5/c1-14-8(11)5-2-3-6(9(12)13)7(10)4-5/h2-4,10H,1H3/p-1. The minimum Gasteiger partial charge on any atom is -0.868 e. The fraction of sp³-hybridized carbons (Fsp3) is 0.125. The van der Waals surface area contributed by atoms with Gasteiger partial charge in [0.05, 0.1) is 17.6 Å². The number of benzene rings is 1. The second-order valence-electron chi connectivity index (χ2n) is 2.43. The molecule has 0 spiro atoms. The topological polar surface area (TPSA) is 92.5 Å². The van der Waals surface area contributed by atoms with E-state index >= 15 is 0 Å². The van der Waals surface area contributed by atoms with Gasteiger partial charge in [-0.3, -0.25) is 10.1 Å². The van der Waals surface area contributed by atoms with E-state index in [1.54, 1.807) is 0 Å². The number of nitro benzene ring substituents is 1. The molecule has 0 radical (unpaired) electrons. The third kappa shape index (κ3) is 1.79. The second-order valence-corrected chi connectivity index (χ2v) is 2.43. The Hall–Kier alpha value is -2.11. The summed E-state index contributed by atoms with van der Waals surface area (Å²) in [6.45, 7) is 0. The van der Waals surface area contributed by atoms with E-state index in [1.165, 1.54) is 6.07 Å². The minimum atomic E-state index is -0.807. The first-order valence-corrected chi connectivity index (χ1v) is 3.60. The van der Waals surface area contributed by atoms with Gasteiger partial charge in [-0.25, -0.2) is 4.79 Å². The lowest BCUT2D eigenvalue weighted by molar-refractivity contribution is -0.398. The highest BCUT2D eigenvalue weighted by molar-refractivity contribution is 5.90. The van der Waals surface area contributed by atoms with E-state index in [2.05, 4.69) is 4.74 Å². The van der Waals surface area contributed by atoms with Crippen molar-refractivity contribution >= 4 is 11.7 Å². The zero-order valence-corrected chi connectivity index (χ0v) is 7.22. The fourth-order valence-corrected chi connectivity index (χ4v) is 0.910. The van der Waals surface area contributed by atoms with Crippen molar-refractivity contribution in [3.63, 3.8) is 0 Å². The van der Waals surface area contributed by atoms with Crippen LogP contribution in [0.25, 0.3) is 0 Å². The van der Waals surface area contributed by atoms with Crippen LogP contribution >= 0.6 is 0 Å². The molecule has 0 bridgehead atoms. The third-order valence-electron chi connectivity index (χ3n) is 1.58. The molecule has 0 aromatic heterocycles. The van der Waals surface area contributed by atoms with Crippen LogP contribution in [0.1, 0.15) is 10.4 Å². The average Bonchev–Trinajstić information content (AvgIpc) is 2.15. The molecular weight excluding hydrogens is 190 g/mol. The van der Waals surface area contributed by atoms with Crippen LogP contribution in [-0.2, 0) is 4.74 Å². The maximum atomic E-state index is 11.1. The van der Waals surface area contributed by atoms with Crippen LogP contribution in [0.3, 0.4) is 0 Å². The summed E-state index contributed by atoms with van der Waals surface area (Å²) in [5, 5.41) is 21.3. The maximum Gasteiger partial charge on any atom is 0.337 e. The van der Waals surface area contributed by atoms with Gasteiger partial charge in [0, 0.05) is 6.07 Å². The molecule has 1 rings (SSSR count). The number of esters is 1. The zero-order chi connectivity index (χ0) is 10.7. The summed E-state index contributed by atoms with van der Waals surface area (Å²) in [4.78, 5) is 20.4. The molecule has 0 unspecified atom stereocenters. The monoisotopic (exact) mass is 196 g/mol. The zero-order valence-electron chi connectivity index (χ0n) is 7.22. The summed E-state index contributed by atoms with van der Waals surface area (Å²) >= 11 is 0. The predicted molar refractivity (Wildman–Crippen MR) is 43.9 cm³/mol. The van der Waals surface area contributed by atoms with E-state index in [0.717, 1.165) is 19.2 Å². The lowest BCUT2D eigenvalue weighted by Crippen LogP contribution is -2.04. The Bertz CT molecular complexity index is 387. The van der Waals surface area contributed by atoms with Crippen LogP contribution in [-0.4, -0.2) is 18.0 Å². The van der Waals surface area contributed by atoms with Gasteiger partial charge >= 0.3 is 5.97 Å². The molecule has 0 amide bonds. The number of hydrogen-bond donors (Lipinski definition) is 0. The van der Waals surface area contributed by atoms with E-state index < -0.39 is 22.3 Å². The molecule has 74 valence electrons. The number of methoxy groups -OCH3 is 1. The van der Waals surface area contributed by atoms with Crippen molar-refractivity contribution in [2.45, 2.75) is 0 Å². The molecule has 0 fully saturated rings. The van der Waals surface area contributed by atoms with Crippen molar-refractivity contribution in [2.24, 2.45) is 0 Å². The van der Waals surface area contributed by atoms with Crippen molar-refractivity contribution in [3.8, 4) is 5.75 Å². The SMILES string of the molecule is COC(=O)c1ccc([N+](=O)[O-])c([O-])c1. The average molecular weight is 196 g/mol. The van der Waals surface area contributed by atoms with Crippen LogP contribution in [0, 0.1) is 10.1 Å². The fourth-order valence-electron chi connectivity index (χ4n) is 0.910. The van der Waals surface area contributed by atoms with Crippen LogP contribution in [0.4, 0.5) is 5.69 Å².